The molecule has 0 saturated heterocycles. The third-order valence-corrected chi connectivity index (χ3v) is 4.74. The molecule has 2 rings (SSSR count). The molecule has 0 atom stereocenters. The molecule has 1 aromatic rings. The number of aliphatic imine (C=N–C) groups is 1. The Labute approximate surface area is 159 Å². The molecule has 6 nitrogen and oxygen atoms in total. The molecule has 23 heavy (non-hydrogen) atoms. The van der Waals surface area contributed by atoms with E-state index in [1.807, 2.05) is 6.92 Å². The highest BCUT2D eigenvalue weighted by molar-refractivity contribution is 14.0. The second-order valence-electron chi connectivity index (χ2n) is 5.03. The van der Waals surface area contributed by atoms with Crippen LogP contribution in [0.4, 0.5) is 0 Å². The van der Waals surface area contributed by atoms with E-state index in [1.165, 1.54) is 12.1 Å². The van der Waals surface area contributed by atoms with Gasteiger partial charge in [0, 0.05) is 24.2 Å². The minimum Gasteiger partial charge on any atom is -0.357 e. The maximum Gasteiger partial charge on any atom is 0.240 e. The number of hydrogen-bond acceptors (Lipinski definition) is 3. The molecule has 1 aliphatic rings. The van der Waals surface area contributed by atoms with Crippen LogP contribution in [-0.4, -0.2) is 40.1 Å². The summed E-state index contributed by atoms with van der Waals surface area (Å²) < 4.78 is 26.7. The van der Waals surface area contributed by atoms with E-state index in [-0.39, 0.29) is 35.4 Å². The molecule has 1 aromatic carbocycles. The fraction of sp³-hybridized carbons (Fsp3) is 0.500. The molecule has 0 amide bonds. The van der Waals surface area contributed by atoms with Crippen molar-refractivity contribution in [3.05, 3.63) is 29.3 Å². The van der Waals surface area contributed by atoms with Crippen molar-refractivity contribution in [2.75, 3.05) is 19.6 Å². The first-order valence-corrected chi connectivity index (χ1v) is 9.17. The molecule has 0 aromatic heterocycles. The SMILES string of the molecule is CCNC(=NCCNS(=O)(=O)c1cccc(Cl)c1)NC1CC1.I. The molecule has 0 spiro atoms. The zero-order valence-corrected chi connectivity index (χ0v) is 16.8. The Morgan fingerprint density at radius 1 is 1.39 bits per heavy atom. The standard InChI is InChI=1S/C14H21ClN4O2S.HI/c1-2-16-14(19-12-6-7-12)17-8-9-18-22(20,21)13-5-3-4-11(15)10-13;/h3-5,10,12,18H,2,6-9H2,1H3,(H2,16,17,19);1H. The minimum absolute atomic E-state index is 0. The third kappa shape index (κ3) is 7.23. The highest BCUT2D eigenvalue weighted by Gasteiger charge is 2.22. The summed E-state index contributed by atoms with van der Waals surface area (Å²) in [6.07, 6.45) is 2.32. The zero-order valence-electron chi connectivity index (χ0n) is 12.9. The van der Waals surface area contributed by atoms with Gasteiger partial charge in [0.25, 0.3) is 0 Å². The van der Waals surface area contributed by atoms with E-state index in [1.54, 1.807) is 12.1 Å². The summed E-state index contributed by atoms with van der Waals surface area (Å²) in [6.45, 7) is 3.36. The molecular formula is C14H22ClIN4O2S. The first-order chi connectivity index (χ1) is 10.5. The second kappa shape index (κ2) is 9.65. The summed E-state index contributed by atoms with van der Waals surface area (Å²) in [6, 6.07) is 6.68. The maximum absolute atomic E-state index is 12.1. The van der Waals surface area contributed by atoms with Crippen molar-refractivity contribution in [1.82, 2.24) is 15.4 Å². The smallest absolute Gasteiger partial charge is 0.240 e. The van der Waals surface area contributed by atoms with Crippen molar-refractivity contribution < 1.29 is 8.42 Å². The lowest BCUT2D eigenvalue weighted by atomic mass is 10.4. The van der Waals surface area contributed by atoms with E-state index in [4.69, 9.17) is 11.6 Å². The fourth-order valence-corrected chi connectivity index (χ4v) is 3.13. The monoisotopic (exact) mass is 472 g/mol. The topological polar surface area (TPSA) is 82.6 Å². The quantitative estimate of drug-likeness (QED) is 0.245. The number of sulfonamides is 1. The van der Waals surface area contributed by atoms with Gasteiger partial charge in [0.15, 0.2) is 5.96 Å². The van der Waals surface area contributed by atoms with Crippen molar-refractivity contribution in [3.8, 4) is 0 Å². The first kappa shape index (κ1) is 20.5. The van der Waals surface area contributed by atoms with Crippen molar-refractivity contribution in [3.63, 3.8) is 0 Å². The number of nitrogens with one attached hydrogen (secondary N) is 3. The van der Waals surface area contributed by atoms with Gasteiger partial charge in [-0.25, -0.2) is 13.1 Å². The molecule has 1 fully saturated rings. The summed E-state index contributed by atoms with van der Waals surface area (Å²) in [5.74, 6) is 0.729. The van der Waals surface area contributed by atoms with Crippen LogP contribution in [0, 0.1) is 0 Å². The Kier molecular flexibility index (Phi) is 8.59. The van der Waals surface area contributed by atoms with Gasteiger partial charge < -0.3 is 10.6 Å². The second-order valence-corrected chi connectivity index (χ2v) is 7.24. The number of benzene rings is 1. The molecule has 0 aliphatic heterocycles. The van der Waals surface area contributed by atoms with Crippen LogP contribution in [0.2, 0.25) is 5.02 Å². The summed E-state index contributed by atoms with van der Waals surface area (Å²) in [4.78, 5) is 4.51. The first-order valence-electron chi connectivity index (χ1n) is 7.31. The summed E-state index contributed by atoms with van der Waals surface area (Å²) in [7, 11) is -3.55. The molecule has 0 unspecified atom stereocenters. The van der Waals surface area contributed by atoms with Crippen LogP contribution in [0.5, 0.6) is 0 Å². The lowest BCUT2D eigenvalue weighted by Gasteiger charge is -2.10. The summed E-state index contributed by atoms with van der Waals surface area (Å²) in [5.41, 5.74) is 0. The zero-order chi connectivity index (χ0) is 16.0. The van der Waals surface area contributed by atoms with E-state index in [0.29, 0.717) is 17.6 Å². The molecule has 1 saturated carbocycles. The Morgan fingerprint density at radius 2 is 2.13 bits per heavy atom. The number of nitrogens with zero attached hydrogens (tertiary/aromatic N) is 1. The molecule has 0 heterocycles. The molecule has 130 valence electrons. The number of halogens is 2. The van der Waals surface area contributed by atoms with E-state index < -0.39 is 10.0 Å². The van der Waals surface area contributed by atoms with E-state index in [9.17, 15) is 8.42 Å². The normalized spacial score (nSPS) is 15.0. The third-order valence-electron chi connectivity index (χ3n) is 3.04. The van der Waals surface area contributed by atoms with Crippen LogP contribution in [0.25, 0.3) is 0 Å². The molecule has 0 bridgehead atoms. The van der Waals surface area contributed by atoms with Crippen LogP contribution in [0.1, 0.15) is 19.8 Å². The average Bonchev–Trinajstić information content (AvgIpc) is 3.28. The molecule has 9 heteroatoms. The number of hydrogen-bond donors (Lipinski definition) is 3. The van der Waals surface area contributed by atoms with Gasteiger partial charge in [-0.15, -0.1) is 24.0 Å². The predicted octanol–water partition coefficient (Wildman–Crippen LogP) is 1.95. The van der Waals surface area contributed by atoms with Gasteiger partial charge in [0.05, 0.1) is 11.4 Å². The lowest BCUT2D eigenvalue weighted by Crippen LogP contribution is -2.39. The van der Waals surface area contributed by atoms with Crippen LogP contribution in [-0.2, 0) is 10.0 Å². The van der Waals surface area contributed by atoms with Crippen LogP contribution < -0.4 is 15.4 Å². The maximum atomic E-state index is 12.1. The highest BCUT2D eigenvalue weighted by atomic mass is 127. The molecule has 1 aliphatic carbocycles. The Balaban J connectivity index is 0.00000264. The van der Waals surface area contributed by atoms with Gasteiger partial charge in [0.1, 0.15) is 0 Å². The Bertz CT molecular complexity index is 635. The van der Waals surface area contributed by atoms with E-state index in [0.717, 1.165) is 25.3 Å². The Hall–Kier alpha value is -0.580. The van der Waals surface area contributed by atoms with Crippen molar-refractivity contribution in [2.45, 2.75) is 30.7 Å². The average molecular weight is 473 g/mol. The minimum atomic E-state index is -3.55. The van der Waals surface area contributed by atoms with Crippen molar-refractivity contribution in [1.29, 1.82) is 0 Å². The lowest BCUT2D eigenvalue weighted by molar-refractivity contribution is 0.582. The van der Waals surface area contributed by atoms with Gasteiger partial charge in [0.2, 0.25) is 10.0 Å². The van der Waals surface area contributed by atoms with Crippen LogP contribution in [0.15, 0.2) is 34.2 Å². The summed E-state index contributed by atoms with van der Waals surface area (Å²) >= 11 is 5.81. The van der Waals surface area contributed by atoms with Gasteiger partial charge >= 0.3 is 0 Å². The van der Waals surface area contributed by atoms with Crippen molar-refractivity contribution >= 4 is 51.6 Å². The van der Waals surface area contributed by atoms with E-state index >= 15 is 0 Å². The molecule has 3 N–H and O–H groups in total. The van der Waals surface area contributed by atoms with E-state index in [2.05, 4.69) is 20.3 Å². The van der Waals surface area contributed by atoms with Gasteiger partial charge in [-0.2, -0.15) is 0 Å². The van der Waals surface area contributed by atoms with Gasteiger partial charge in [-0.1, -0.05) is 17.7 Å². The van der Waals surface area contributed by atoms with Crippen LogP contribution in [0.3, 0.4) is 0 Å². The molecule has 0 radical (unpaired) electrons. The fourth-order valence-electron chi connectivity index (χ4n) is 1.81. The predicted molar refractivity (Wildman–Crippen MR) is 104 cm³/mol. The van der Waals surface area contributed by atoms with Gasteiger partial charge in [-0.3, -0.25) is 4.99 Å². The number of rotatable bonds is 7. The van der Waals surface area contributed by atoms with Gasteiger partial charge in [-0.05, 0) is 38.0 Å². The highest BCUT2D eigenvalue weighted by Crippen LogP contribution is 2.18. The Morgan fingerprint density at radius 3 is 2.74 bits per heavy atom. The summed E-state index contributed by atoms with van der Waals surface area (Å²) in [5, 5.41) is 6.80. The molecular weight excluding hydrogens is 451 g/mol. The van der Waals surface area contributed by atoms with Crippen molar-refractivity contribution in [2.24, 2.45) is 4.99 Å². The largest absolute Gasteiger partial charge is 0.357 e. The number of guanidine groups is 1. The van der Waals surface area contributed by atoms with Crippen LogP contribution >= 0.6 is 35.6 Å².